The van der Waals surface area contributed by atoms with Gasteiger partial charge in [-0.15, -0.1) is 0 Å². The maximum absolute atomic E-state index is 15.3. The van der Waals surface area contributed by atoms with E-state index in [1.54, 1.807) is 47.8 Å². The number of fused-ring (bicyclic) bond motifs is 4. The molecule has 11 heteroatoms. The Morgan fingerprint density at radius 3 is 2.72 bits per heavy atom. The van der Waals surface area contributed by atoms with Gasteiger partial charge < -0.3 is 15.4 Å². The molecule has 1 aliphatic carbocycles. The third kappa shape index (κ3) is 3.41. The van der Waals surface area contributed by atoms with E-state index in [0.717, 1.165) is 12.8 Å². The Bertz CT molecular complexity index is 1660. The Morgan fingerprint density at radius 2 is 2.00 bits per heavy atom. The molecule has 0 spiro atoms. The summed E-state index contributed by atoms with van der Waals surface area (Å²) in [4.78, 5) is 24.0. The number of halogens is 1. The molecular formula is C25H24FN5O4S. The normalized spacial score (nSPS) is 17.5. The SMILES string of the molecule is CC(C)S(=O)(=O)c1ccc2c(c1)OC[C@H]2N(C(=O)c1cc2c(cc1F)nc(N)c1cncn12)C1CC1. The Morgan fingerprint density at radius 1 is 1.22 bits per heavy atom. The molecule has 2 aliphatic rings. The number of sulfone groups is 1. The monoisotopic (exact) mass is 509 g/mol. The standard InChI is InChI=1S/C25H24FN5O4S/c1-13(2)36(33,34)15-5-6-16-22(11-35-23(16)7-15)31(14-3-4-14)25(32)17-8-20-19(9-18(17)26)29-24(27)21-10-28-12-30(20)21/h5-10,12-14,22H,3-4,11H2,1-2H3,(H2,27,29)/t22-/m1/s1. The van der Waals surface area contributed by atoms with E-state index in [4.69, 9.17) is 10.5 Å². The fraction of sp³-hybridized carbons (Fsp3) is 0.320. The lowest BCUT2D eigenvalue weighted by atomic mass is 10.0. The van der Waals surface area contributed by atoms with Crippen LogP contribution >= 0.6 is 0 Å². The number of nitrogen functional groups attached to an aromatic ring is 1. The van der Waals surface area contributed by atoms with Crippen molar-refractivity contribution < 1.29 is 22.3 Å². The number of hydrogen-bond acceptors (Lipinski definition) is 7. The molecule has 186 valence electrons. The van der Waals surface area contributed by atoms with Gasteiger partial charge in [0.1, 0.15) is 29.5 Å². The highest BCUT2D eigenvalue weighted by Crippen LogP contribution is 2.43. The van der Waals surface area contributed by atoms with E-state index in [2.05, 4.69) is 9.97 Å². The molecule has 0 bridgehead atoms. The van der Waals surface area contributed by atoms with Gasteiger partial charge in [-0.1, -0.05) is 6.07 Å². The van der Waals surface area contributed by atoms with Crippen LogP contribution in [0.4, 0.5) is 10.2 Å². The van der Waals surface area contributed by atoms with Crippen molar-refractivity contribution in [2.24, 2.45) is 0 Å². The summed E-state index contributed by atoms with van der Waals surface area (Å²) >= 11 is 0. The first kappa shape index (κ1) is 22.7. The number of ether oxygens (including phenoxy) is 1. The zero-order chi connectivity index (χ0) is 25.4. The highest BCUT2D eigenvalue weighted by Gasteiger charge is 2.43. The molecule has 2 aromatic heterocycles. The van der Waals surface area contributed by atoms with Crippen LogP contribution in [0.15, 0.2) is 47.8 Å². The average molecular weight is 510 g/mol. The number of carbonyl (C=O) groups excluding carboxylic acids is 1. The molecule has 0 radical (unpaired) electrons. The van der Waals surface area contributed by atoms with E-state index in [-0.39, 0.29) is 28.9 Å². The van der Waals surface area contributed by atoms with Gasteiger partial charge in [0.05, 0.1) is 45.3 Å². The molecule has 0 saturated heterocycles. The fourth-order valence-corrected chi connectivity index (χ4v) is 5.84. The lowest BCUT2D eigenvalue weighted by Gasteiger charge is -2.29. The van der Waals surface area contributed by atoms with Crippen LogP contribution in [0.25, 0.3) is 16.6 Å². The molecule has 1 fully saturated rings. The molecule has 1 saturated carbocycles. The van der Waals surface area contributed by atoms with Gasteiger partial charge in [0.15, 0.2) is 9.84 Å². The van der Waals surface area contributed by atoms with E-state index in [1.807, 2.05) is 0 Å². The number of aromatic nitrogens is 3. The maximum atomic E-state index is 15.3. The highest BCUT2D eigenvalue weighted by molar-refractivity contribution is 7.92. The summed E-state index contributed by atoms with van der Waals surface area (Å²) in [6.07, 6.45) is 4.71. The van der Waals surface area contributed by atoms with Gasteiger partial charge in [-0.25, -0.2) is 22.8 Å². The number of nitrogens with zero attached hydrogens (tertiary/aromatic N) is 4. The Kier molecular flexibility index (Phi) is 4.98. The van der Waals surface area contributed by atoms with Gasteiger partial charge in [-0.3, -0.25) is 9.20 Å². The number of carbonyl (C=O) groups is 1. The van der Waals surface area contributed by atoms with Crippen LogP contribution < -0.4 is 10.5 Å². The van der Waals surface area contributed by atoms with Gasteiger partial charge >= 0.3 is 0 Å². The van der Waals surface area contributed by atoms with E-state index in [0.29, 0.717) is 27.9 Å². The number of hydrogen-bond donors (Lipinski definition) is 1. The first-order valence-electron chi connectivity index (χ1n) is 11.7. The predicted molar refractivity (Wildman–Crippen MR) is 131 cm³/mol. The van der Waals surface area contributed by atoms with Gasteiger partial charge in [0.2, 0.25) is 0 Å². The molecule has 36 heavy (non-hydrogen) atoms. The summed E-state index contributed by atoms with van der Waals surface area (Å²) in [6.45, 7) is 3.42. The summed E-state index contributed by atoms with van der Waals surface area (Å²) in [5.74, 6) is -0.500. The third-order valence-corrected chi connectivity index (χ3v) is 9.05. The van der Waals surface area contributed by atoms with Crippen LogP contribution in [-0.2, 0) is 9.84 Å². The number of nitrogens with two attached hydrogens (primary N) is 1. The predicted octanol–water partition coefficient (Wildman–Crippen LogP) is 3.52. The molecule has 1 aliphatic heterocycles. The van der Waals surface area contributed by atoms with Gasteiger partial charge in [-0.05, 0) is 44.9 Å². The van der Waals surface area contributed by atoms with Crippen molar-refractivity contribution in [1.82, 2.24) is 19.3 Å². The molecule has 1 atom stereocenters. The molecule has 3 heterocycles. The van der Waals surface area contributed by atoms with E-state index in [1.165, 1.54) is 18.2 Å². The number of rotatable bonds is 5. The van der Waals surface area contributed by atoms with E-state index < -0.39 is 32.9 Å². The summed E-state index contributed by atoms with van der Waals surface area (Å²) in [5, 5.41) is -0.569. The summed E-state index contributed by atoms with van der Waals surface area (Å²) < 4.78 is 48.0. The largest absolute Gasteiger partial charge is 0.491 e. The zero-order valence-electron chi connectivity index (χ0n) is 19.7. The number of anilines is 1. The van der Waals surface area contributed by atoms with Crippen molar-refractivity contribution in [3.63, 3.8) is 0 Å². The molecular weight excluding hydrogens is 485 g/mol. The minimum Gasteiger partial charge on any atom is -0.491 e. The van der Waals surface area contributed by atoms with Crippen molar-refractivity contribution in [3.05, 3.63) is 59.8 Å². The van der Waals surface area contributed by atoms with Crippen LogP contribution in [0.3, 0.4) is 0 Å². The number of amides is 1. The Hall–Kier alpha value is -3.73. The summed E-state index contributed by atoms with van der Waals surface area (Å²) in [6, 6.07) is 6.96. The topological polar surface area (TPSA) is 120 Å². The average Bonchev–Trinajstić information content (AvgIpc) is 3.38. The number of benzene rings is 2. The van der Waals surface area contributed by atoms with Gasteiger partial charge in [-0.2, -0.15) is 0 Å². The first-order chi connectivity index (χ1) is 17.2. The zero-order valence-corrected chi connectivity index (χ0v) is 20.5. The molecule has 2 aromatic carbocycles. The lowest BCUT2D eigenvalue weighted by molar-refractivity contribution is 0.0625. The van der Waals surface area contributed by atoms with Crippen LogP contribution in [0, 0.1) is 5.82 Å². The maximum Gasteiger partial charge on any atom is 0.257 e. The van der Waals surface area contributed by atoms with Crippen molar-refractivity contribution in [2.75, 3.05) is 12.3 Å². The lowest BCUT2D eigenvalue weighted by Crippen LogP contribution is -2.38. The third-order valence-electron chi connectivity index (χ3n) is 6.90. The van der Waals surface area contributed by atoms with Gasteiger partial charge in [0.25, 0.3) is 5.91 Å². The quantitative estimate of drug-likeness (QED) is 0.437. The summed E-state index contributed by atoms with van der Waals surface area (Å²) in [5.41, 5.74) is 8.01. The van der Waals surface area contributed by atoms with E-state index >= 15 is 4.39 Å². The molecule has 2 N–H and O–H groups in total. The molecule has 1 amide bonds. The molecule has 4 aromatic rings. The second-order valence-electron chi connectivity index (χ2n) is 9.53. The second-order valence-corrected chi connectivity index (χ2v) is 12.0. The minimum atomic E-state index is -3.47. The number of imidazole rings is 1. The van der Waals surface area contributed by atoms with Crippen LogP contribution in [0.5, 0.6) is 5.75 Å². The van der Waals surface area contributed by atoms with Crippen LogP contribution in [0.1, 0.15) is 48.7 Å². The van der Waals surface area contributed by atoms with Crippen molar-refractivity contribution in [1.29, 1.82) is 0 Å². The fourth-order valence-electron chi connectivity index (χ4n) is 4.77. The highest BCUT2D eigenvalue weighted by atomic mass is 32.2. The molecule has 9 nitrogen and oxygen atoms in total. The first-order valence-corrected chi connectivity index (χ1v) is 13.3. The van der Waals surface area contributed by atoms with E-state index in [9.17, 15) is 13.2 Å². The molecule has 6 rings (SSSR count). The van der Waals surface area contributed by atoms with Crippen molar-refractivity contribution >= 4 is 38.1 Å². The van der Waals surface area contributed by atoms with Crippen LogP contribution in [0.2, 0.25) is 0 Å². The van der Waals surface area contributed by atoms with Crippen LogP contribution in [-0.4, -0.2) is 51.5 Å². The minimum absolute atomic E-state index is 0.0518. The van der Waals surface area contributed by atoms with Gasteiger partial charge in [0, 0.05) is 17.7 Å². The Labute approximate surface area is 206 Å². The second kappa shape index (κ2) is 7.89. The van der Waals surface area contributed by atoms with Crippen molar-refractivity contribution in [3.8, 4) is 5.75 Å². The molecule has 0 unspecified atom stereocenters. The smallest absolute Gasteiger partial charge is 0.257 e. The Balaban J connectivity index is 1.41. The van der Waals surface area contributed by atoms with Crippen molar-refractivity contribution in [2.45, 2.75) is 48.9 Å². The summed E-state index contributed by atoms with van der Waals surface area (Å²) in [7, 11) is -3.47.